The van der Waals surface area contributed by atoms with Crippen molar-refractivity contribution < 1.29 is 23.9 Å². The molecule has 0 saturated carbocycles. The lowest BCUT2D eigenvalue weighted by molar-refractivity contribution is -0.120. The first-order valence-corrected chi connectivity index (χ1v) is 12.1. The number of fused-ring (bicyclic) bond motifs is 3. The topological polar surface area (TPSA) is 97.7 Å². The summed E-state index contributed by atoms with van der Waals surface area (Å²) in [5.41, 5.74) is 4.48. The monoisotopic (exact) mass is 501 g/mol. The molecule has 2 aromatic carbocycles. The lowest BCUT2D eigenvalue weighted by Gasteiger charge is -2.29. The molecule has 0 fully saturated rings. The average Bonchev–Trinajstić information content (AvgIpc) is 3.18. The largest absolute Gasteiger partial charge is 0.456 e. The second-order valence-corrected chi connectivity index (χ2v) is 10.2. The van der Waals surface area contributed by atoms with E-state index in [1.165, 1.54) is 6.08 Å². The molecule has 0 spiro atoms. The van der Waals surface area contributed by atoms with E-state index in [1.807, 2.05) is 51.1 Å². The molecule has 3 aromatic rings. The van der Waals surface area contributed by atoms with E-state index in [9.17, 15) is 19.2 Å². The number of hydrogen-bond acceptors (Lipinski definition) is 5. The van der Waals surface area contributed by atoms with Crippen molar-refractivity contribution in [2.75, 3.05) is 6.54 Å². The normalized spacial score (nSPS) is 15.1. The fraction of sp³-hybridized carbons (Fsp3) is 0.310. The Kier molecular flexibility index (Phi) is 7.29. The highest BCUT2D eigenvalue weighted by Crippen LogP contribution is 2.37. The first-order valence-electron chi connectivity index (χ1n) is 12.1. The summed E-state index contributed by atoms with van der Waals surface area (Å²) < 4.78 is 7.57. The summed E-state index contributed by atoms with van der Waals surface area (Å²) in [5, 5.41) is 3.71. The summed E-state index contributed by atoms with van der Waals surface area (Å²) in [6.45, 7) is 10.5. The molecule has 1 aliphatic rings. The van der Waals surface area contributed by atoms with Gasteiger partial charge in [-0.15, -0.1) is 0 Å². The summed E-state index contributed by atoms with van der Waals surface area (Å²) in [7, 11) is 0. The second-order valence-electron chi connectivity index (χ2n) is 10.2. The first-order chi connectivity index (χ1) is 17.6. The van der Waals surface area contributed by atoms with Crippen molar-refractivity contribution in [1.82, 2.24) is 14.8 Å². The van der Waals surface area contributed by atoms with E-state index in [0.29, 0.717) is 31.7 Å². The van der Waals surface area contributed by atoms with E-state index < -0.39 is 11.5 Å². The lowest BCUT2D eigenvalue weighted by Crippen LogP contribution is -2.34. The van der Waals surface area contributed by atoms with Gasteiger partial charge in [-0.3, -0.25) is 9.59 Å². The molecule has 0 saturated heterocycles. The summed E-state index contributed by atoms with van der Waals surface area (Å²) >= 11 is 0. The quantitative estimate of drug-likeness (QED) is 0.288. The Balaban J connectivity index is 1.73. The molecule has 1 N–H and O–H groups in total. The van der Waals surface area contributed by atoms with Gasteiger partial charge in [0.2, 0.25) is 12.3 Å². The number of nitrogens with zero attached hydrogens (tertiary/aromatic N) is 2. The molecular weight excluding hydrogens is 470 g/mol. The second kappa shape index (κ2) is 10.4. The molecule has 1 aromatic heterocycles. The third-order valence-electron chi connectivity index (χ3n) is 6.33. The highest BCUT2D eigenvalue weighted by atomic mass is 16.6. The van der Waals surface area contributed by atoms with Gasteiger partial charge in [-0.2, -0.15) is 0 Å². The number of aromatic nitrogens is 1. The number of carbonyl (C=O) groups is 4. The van der Waals surface area contributed by atoms with Crippen molar-refractivity contribution in [3.8, 4) is 0 Å². The van der Waals surface area contributed by atoms with Crippen molar-refractivity contribution in [1.29, 1.82) is 0 Å². The Morgan fingerprint density at radius 3 is 2.43 bits per heavy atom. The number of nitrogens with one attached hydrogen (secondary N) is 1. The van der Waals surface area contributed by atoms with Crippen LogP contribution >= 0.6 is 0 Å². The number of amides is 2. The van der Waals surface area contributed by atoms with Gasteiger partial charge in [0.15, 0.2) is 0 Å². The van der Waals surface area contributed by atoms with E-state index in [4.69, 9.17) is 4.74 Å². The predicted octanol–water partition coefficient (Wildman–Crippen LogP) is 3.70. The van der Waals surface area contributed by atoms with E-state index in [-0.39, 0.29) is 11.9 Å². The van der Waals surface area contributed by atoms with Gasteiger partial charge in [0.1, 0.15) is 11.9 Å². The molecule has 1 aliphatic heterocycles. The van der Waals surface area contributed by atoms with Gasteiger partial charge in [0.25, 0.3) is 0 Å². The third-order valence-corrected chi connectivity index (χ3v) is 6.33. The number of carbonyl (C=O) groups excluding carboxylic acids is 4. The summed E-state index contributed by atoms with van der Waals surface area (Å²) in [4.78, 5) is 49.4. The maximum Gasteiger partial charge on any atom is 0.338 e. The predicted molar refractivity (Wildman–Crippen MR) is 140 cm³/mol. The standard InChI is InChI=1S/C29H31N3O5/c1-5-26(35)30-13-20-8-11-24-23(12-20)27-22(17-33)15-31(18-34)16-25(27)32(24)14-19-6-9-21(10-7-19)28(36)37-29(2,3)4/h5-12,17-18,22H,1,13-16H2,2-4H3,(H,30,35). The molecule has 8 heteroatoms. The fourth-order valence-corrected chi connectivity index (χ4v) is 4.67. The zero-order valence-corrected chi connectivity index (χ0v) is 21.3. The van der Waals surface area contributed by atoms with Crippen molar-refractivity contribution in [3.63, 3.8) is 0 Å². The van der Waals surface area contributed by atoms with Gasteiger partial charge in [-0.1, -0.05) is 24.8 Å². The van der Waals surface area contributed by atoms with Gasteiger partial charge in [0, 0.05) is 36.2 Å². The third kappa shape index (κ3) is 5.63. The molecule has 37 heavy (non-hydrogen) atoms. The van der Waals surface area contributed by atoms with Gasteiger partial charge in [0.05, 0.1) is 18.0 Å². The van der Waals surface area contributed by atoms with Crippen molar-refractivity contribution >= 4 is 35.5 Å². The van der Waals surface area contributed by atoms with E-state index in [0.717, 1.165) is 46.0 Å². The number of rotatable bonds is 8. The number of ether oxygens (including phenoxy) is 1. The Bertz CT molecular complexity index is 1360. The Labute approximate surface area is 215 Å². The number of hydrogen-bond donors (Lipinski definition) is 1. The minimum absolute atomic E-state index is 0.262. The molecule has 2 heterocycles. The van der Waals surface area contributed by atoms with Crippen LogP contribution in [0.2, 0.25) is 0 Å². The van der Waals surface area contributed by atoms with Gasteiger partial charge < -0.3 is 24.3 Å². The zero-order chi connectivity index (χ0) is 26.7. The van der Waals surface area contributed by atoms with Crippen molar-refractivity contribution in [2.45, 2.75) is 51.9 Å². The maximum atomic E-state index is 12.4. The van der Waals surface area contributed by atoms with Crippen LogP contribution in [0.5, 0.6) is 0 Å². The minimum Gasteiger partial charge on any atom is -0.456 e. The van der Waals surface area contributed by atoms with Crippen LogP contribution in [-0.4, -0.2) is 46.2 Å². The molecule has 0 bridgehead atoms. The molecule has 2 amide bonds. The zero-order valence-electron chi connectivity index (χ0n) is 21.3. The SMILES string of the molecule is C=CC(=O)NCc1ccc2c(c1)c1c(n2Cc2ccc(C(=O)OC(C)(C)C)cc2)CN(C=O)CC1C=O. The molecule has 1 unspecified atom stereocenters. The first kappa shape index (κ1) is 25.9. The molecule has 0 radical (unpaired) electrons. The van der Waals surface area contributed by atoms with Crippen LogP contribution in [0.15, 0.2) is 55.1 Å². The van der Waals surface area contributed by atoms with Crippen LogP contribution in [0.25, 0.3) is 10.9 Å². The number of esters is 1. The highest BCUT2D eigenvalue weighted by molar-refractivity contribution is 5.91. The molecule has 1 atom stereocenters. The average molecular weight is 502 g/mol. The summed E-state index contributed by atoms with van der Waals surface area (Å²) in [6, 6.07) is 13.2. The minimum atomic E-state index is -0.578. The molecule has 8 nitrogen and oxygen atoms in total. The summed E-state index contributed by atoms with van der Waals surface area (Å²) in [5.74, 6) is -1.10. The lowest BCUT2D eigenvalue weighted by atomic mass is 9.92. The number of benzene rings is 2. The van der Waals surface area contributed by atoms with Gasteiger partial charge in [-0.05, 0) is 67.8 Å². The summed E-state index contributed by atoms with van der Waals surface area (Å²) in [6.07, 6.45) is 2.88. The molecular formula is C29H31N3O5. The van der Waals surface area contributed by atoms with E-state index in [2.05, 4.69) is 16.5 Å². The maximum absolute atomic E-state index is 12.4. The fourth-order valence-electron chi connectivity index (χ4n) is 4.67. The molecule has 192 valence electrons. The van der Waals surface area contributed by atoms with Crippen LogP contribution in [0.3, 0.4) is 0 Å². The van der Waals surface area contributed by atoms with E-state index >= 15 is 0 Å². The smallest absolute Gasteiger partial charge is 0.338 e. The van der Waals surface area contributed by atoms with Crippen molar-refractivity contribution in [3.05, 3.63) is 83.1 Å². The Morgan fingerprint density at radius 2 is 1.81 bits per heavy atom. The van der Waals surface area contributed by atoms with Crippen LogP contribution in [-0.2, 0) is 38.8 Å². The van der Waals surface area contributed by atoms with Crippen LogP contribution in [0.1, 0.15) is 59.4 Å². The van der Waals surface area contributed by atoms with E-state index in [1.54, 1.807) is 17.0 Å². The Hall–Kier alpha value is -4.20. The highest BCUT2D eigenvalue weighted by Gasteiger charge is 2.31. The number of aldehydes is 1. The van der Waals surface area contributed by atoms with Crippen LogP contribution < -0.4 is 5.32 Å². The molecule has 4 rings (SSSR count). The van der Waals surface area contributed by atoms with Gasteiger partial charge >= 0.3 is 5.97 Å². The molecule has 0 aliphatic carbocycles. The van der Waals surface area contributed by atoms with Crippen LogP contribution in [0, 0.1) is 0 Å². The van der Waals surface area contributed by atoms with Crippen LogP contribution in [0.4, 0.5) is 0 Å². The Morgan fingerprint density at radius 1 is 1.11 bits per heavy atom. The van der Waals surface area contributed by atoms with Gasteiger partial charge in [-0.25, -0.2) is 4.79 Å². The van der Waals surface area contributed by atoms with Crippen molar-refractivity contribution in [2.24, 2.45) is 0 Å².